The first-order chi connectivity index (χ1) is 10.6. The molecule has 2 N–H and O–H groups in total. The average Bonchev–Trinajstić information content (AvgIpc) is 2.55. The highest BCUT2D eigenvalue weighted by atomic mass is 16.6. The minimum Gasteiger partial charge on any atom is -0.396 e. The fourth-order valence-corrected chi connectivity index (χ4v) is 2.70. The number of carbonyl (C=O) groups is 1. The number of amides is 1. The third-order valence-electron chi connectivity index (χ3n) is 3.92. The zero-order valence-corrected chi connectivity index (χ0v) is 12.4. The van der Waals surface area contributed by atoms with E-state index in [1.54, 1.807) is 18.2 Å². The van der Waals surface area contributed by atoms with Crippen molar-refractivity contribution in [2.24, 2.45) is 5.92 Å². The van der Waals surface area contributed by atoms with Crippen LogP contribution >= 0.6 is 0 Å². The van der Waals surface area contributed by atoms with E-state index in [4.69, 9.17) is 5.11 Å². The molecule has 0 radical (unpaired) electrons. The van der Waals surface area contributed by atoms with E-state index in [9.17, 15) is 14.9 Å². The Kier molecular flexibility index (Phi) is 5.71. The van der Waals surface area contributed by atoms with Crippen molar-refractivity contribution in [3.63, 3.8) is 0 Å². The fraction of sp³-hybridized carbons (Fsp3) is 0.533. The van der Waals surface area contributed by atoms with Gasteiger partial charge >= 0.3 is 0 Å². The van der Waals surface area contributed by atoms with Crippen LogP contribution in [0.1, 0.15) is 19.3 Å². The molecule has 22 heavy (non-hydrogen) atoms. The highest BCUT2D eigenvalue weighted by Crippen LogP contribution is 2.31. The Labute approximate surface area is 129 Å². The van der Waals surface area contributed by atoms with Crippen LogP contribution < -0.4 is 10.2 Å². The number of hydrogen-bond donors (Lipinski definition) is 2. The van der Waals surface area contributed by atoms with E-state index in [2.05, 4.69) is 5.32 Å². The van der Waals surface area contributed by atoms with Crippen molar-refractivity contribution in [3.8, 4) is 0 Å². The van der Waals surface area contributed by atoms with Gasteiger partial charge in [0.05, 0.1) is 4.92 Å². The number of para-hydroxylation sites is 2. The number of aliphatic hydroxyl groups excluding tert-OH is 1. The zero-order chi connectivity index (χ0) is 15.9. The molecule has 1 fully saturated rings. The van der Waals surface area contributed by atoms with E-state index < -0.39 is 0 Å². The van der Waals surface area contributed by atoms with Gasteiger partial charge in [0.25, 0.3) is 5.69 Å². The quantitative estimate of drug-likeness (QED) is 0.469. The largest absolute Gasteiger partial charge is 0.396 e. The highest BCUT2D eigenvalue weighted by Gasteiger charge is 2.27. The lowest BCUT2D eigenvalue weighted by molar-refractivity contribution is -0.384. The van der Waals surface area contributed by atoms with Crippen molar-refractivity contribution >= 4 is 17.3 Å². The maximum Gasteiger partial charge on any atom is 0.292 e. The molecule has 0 aliphatic carbocycles. The van der Waals surface area contributed by atoms with Crippen LogP contribution in [0.15, 0.2) is 24.3 Å². The summed E-state index contributed by atoms with van der Waals surface area (Å²) in [5.74, 6) is -0.0478. The molecule has 0 aromatic heterocycles. The third kappa shape index (κ3) is 3.94. The predicted molar refractivity (Wildman–Crippen MR) is 82.7 cm³/mol. The number of nitrogens with zero attached hydrogens (tertiary/aromatic N) is 2. The van der Waals surface area contributed by atoms with Crippen molar-refractivity contribution in [3.05, 3.63) is 34.4 Å². The minimum absolute atomic E-state index is 0.00987. The molecule has 0 saturated carbocycles. The molecule has 2 rings (SSSR count). The van der Waals surface area contributed by atoms with Gasteiger partial charge in [0.2, 0.25) is 5.91 Å². The van der Waals surface area contributed by atoms with E-state index in [1.807, 2.05) is 4.90 Å². The van der Waals surface area contributed by atoms with Gasteiger partial charge in [-0.2, -0.15) is 0 Å². The third-order valence-corrected chi connectivity index (χ3v) is 3.92. The lowest BCUT2D eigenvalue weighted by Crippen LogP contribution is -2.41. The van der Waals surface area contributed by atoms with Crippen LogP contribution in [0.5, 0.6) is 0 Å². The first kappa shape index (κ1) is 16.2. The number of rotatable bonds is 6. The number of piperidine rings is 1. The van der Waals surface area contributed by atoms with E-state index in [-0.39, 0.29) is 29.0 Å². The highest BCUT2D eigenvalue weighted by molar-refractivity contribution is 5.79. The van der Waals surface area contributed by atoms with Gasteiger partial charge in [-0.05, 0) is 25.3 Å². The van der Waals surface area contributed by atoms with Gasteiger partial charge in [0, 0.05) is 38.2 Å². The molecular formula is C15H21N3O4. The number of carbonyl (C=O) groups excluding carboxylic acids is 1. The summed E-state index contributed by atoms with van der Waals surface area (Å²) in [5.41, 5.74) is 0.722. The summed E-state index contributed by atoms with van der Waals surface area (Å²) in [6.07, 6.45) is 1.91. The second-order valence-electron chi connectivity index (χ2n) is 5.38. The van der Waals surface area contributed by atoms with Crippen LogP contribution in [0, 0.1) is 16.0 Å². The minimum atomic E-state index is -0.372. The lowest BCUT2D eigenvalue weighted by Gasteiger charge is -2.32. The van der Waals surface area contributed by atoms with Crippen molar-refractivity contribution < 1.29 is 14.8 Å². The van der Waals surface area contributed by atoms with Gasteiger partial charge in [0.15, 0.2) is 0 Å². The summed E-state index contributed by atoms with van der Waals surface area (Å²) in [6, 6.07) is 6.70. The van der Waals surface area contributed by atoms with Crippen molar-refractivity contribution in [2.45, 2.75) is 19.3 Å². The topological polar surface area (TPSA) is 95.7 Å². The monoisotopic (exact) mass is 307 g/mol. The van der Waals surface area contributed by atoms with Crippen LogP contribution in [0.2, 0.25) is 0 Å². The maximum atomic E-state index is 12.0. The molecular weight excluding hydrogens is 286 g/mol. The smallest absolute Gasteiger partial charge is 0.292 e. The summed E-state index contributed by atoms with van der Waals surface area (Å²) in [4.78, 5) is 24.6. The van der Waals surface area contributed by atoms with Crippen molar-refractivity contribution in [1.29, 1.82) is 0 Å². The number of benzene rings is 1. The fourth-order valence-electron chi connectivity index (χ4n) is 2.70. The number of hydrogen-bond acceptors (Lipinski definition) is 5. The zero-order valence-electron chi connectivity index (χ0n) is 12.4. The molecule has 1 saturated heterocycles. The summed E-state index contributed by atoms with van der Waals surface area (Å²) in [7, 11) is 0. The molecule has 1 aliphatic rings. The lowest BCUT2D eigenvalue weighted by atomic mass is 9.95. The second-order valence-corrected chi connectivity index (χ2v) is 5.38. The van der Waals surface area contributed by atoms with Gasteiger partial charge < -0.3 is 15.3 Å². The predicted octanol–water partition coefficient (Wildman–Crippen LogP) is 1.31. The standard InChI is InChI=1S/C15H21N3O4/c19-11-3-8-16-15(20)12-6-9-17(10-7-12)13-4-1-2-5-14(13)18(21)22/h1-2,4-5,12,19H,3,6-11H2,(H,16,20). The number of nitrogens with one attached hydrogen (secondary N) is 1. The van der Waals surface area contributed by atoms with Crippen molar-refractivity contribution in [1.82, 2.24) is 5.32 Å². The Hall–Kier alpha value is -2.15. The molecule has 1 aromatic rings. The molecule has 1 amide bonds. The van der Waals surface area contributed by atoms with E-state index in [1.165, 1.54) is 6.07 Å². The molecule has 0 bridgehead atoms. The first-order valence-corrected chi connectivity index (χ1v) is 7.50. The normalized spacial score (nSPS) is 15.6. The number of nitro groups is 1. The Bertz CT molecular complexity index is 527. The molecule has 7 heteroatoms. The molecule has 1 heterocycles. The molecule has 0 spiro atoms. The number of aliphatic hydroxyl groups is 1. The van der Waals surface area contributed by atoms with Crippen LogP contribution in [0.25, 0.3) is 0 Å². The Balaban J connectivity index is 1.92. The van der Waals surface area contributed by atoms with Crippen LogP contribution in [0.3, 0.4) is 0 Å². The number of nitro benzene ring substituents is 1. The molecule has 120 valence electrons. The summed E-state index contributed by atoms with van der Waals surface area (Å²) in [6.45, 7) is 1.81. The van der Waals surface area contributed by atoms with Crippen LogP contribution in [-0.2, 0) is 4.79 Å². The average molecular weight is 307 g/mol. The molecule has 1 aliphatic heterocycles. The Morgan fingerprint density at radius 3 is 2.68 bits per heavy atom. The van der Waals surface area contributed by atoms with E-state index >= 15 is 0 Å². The molecule has 1 aromatic carbocycles. The van der Waals surface area contributed by atoms with Crippen LogP contribution in [-0.4, -0.2) is 42.2 Å². The first-order valence-electron chi connectivity index (χ1n) is 7.50. The molecule has 0 unspecified atom stereocenters. The molecule has 0 atom stereocenters. The summed E-state index contributed by atoms with van der Waals surface area (Å²) in [5, 5.41) is 22.6. The molecule has 7 nitrogen and oxygen atoms in total. The number of anilines is 1. The Morgan fingerprint density at radius 1 is 1.36 bits per heavy atom. The second kappa shape index (κ2) is 7.74. The summed E-state index contributed by atoms with van der Waals surface area (Å²) < 4.78 is 0. The van der Waals surface area contributed by atoms with Gasteiger partial charge in [-0.25, -0.2) is 0 Å². The van der Waals surface area contributed by atoms with E-state index in [0.29, 0.717) is 44.6 Å². The van der Waals surface area contributed by atoms with Crippen LogP contribution in [0.4, 0.5) is 11.4 Å². The van der Waals surface area contributed by atoms with Crippen molar-refractivity contribution in [2.75, 3.05) is 31.1 Å². The summed E-state index contributed by atoms with van der Waals surface area (Å²) >= 11 is 0. The van der Waals surface area contributed by atoms with Gasteiger partial charge in [-0.1, -0.05) is 12.1 Å². The maximum absolute atomic E-state index is 12.0. The van der Waals surface area contributed by atoms with E-state index in [0.717, 1.165) is 0 Å². The van der Waals surface area contributed by atoms with Gasteiger partial charge in [-0.15, -0.1) is 0 Å². The van der Waals surface area contributed by atoms with Gasteiger partial charge in [0.1, 0.15) is 5.69 Å². The Morgan fingerprint density at radius 2 is 2.05 bits per heavy atom. The SMILES string of the molecule is O=C(NCCCO)C1CCN(c2ccccc2[N+](=O)[O-])CC1. The van der Waals surface area contributed by atoms with Gasteiger partial charge in [-0.3, -0.25) is 14.9 Å².